The number of hydrogen-bond acceptors (Lipinski definition) is 3. The second kappa shape index (κ2) is 8.45. The molecule has 6 heteroatoms. The fraction of sp³-hybridized carbons (Fsp3) is 0.409. The number of quaternary nitrogens is 1. The van der Waals surface area contributed by atoms with E-state index >= 15 is 0 Å². The van der Waals surface area contributed by atoms with Gasteiger partial charge in [0, 0.05) is 17.4 Å². The van der Waals surface area contributed by atoms with Crippen LogP contribution in [0.15, 0.2) is 53.4 Å². The number of piperazine rings is 1. The van der Waals surface area contributed by atoms with Crippen molar-refractivity contribution in [1.82, 2.24) is 4.90 Å². The van der Waals surface area contributed by atoms with Crippen LogP contribution in [-0.2, 0) is 16.4 Å². The average molecular weight is 402 g/mol. The lowest BCUT2D eigenvalue weighted by atomic mass is 10.0. The maximum absolute atomic E-state index is 12.7. The van der Waals surface area contributed by atoms with Gasteiger partial charge in [0.25, 0.3) is 5.91 Å². The lowest BCUT2D eigenvalue weighted by Gasteiger charge is -2.32. The molecular formula is C22H29N2O3S+. The maximum atomic E-state index is 12.7. The molecular weight excluding hydrogens is 372 g/mol. The van der Waals surface area contributed by atoms with Gasteiger partial charge in [-0.25, -0.2) is 8.42 Å². The van der Waals surface area contributed by atoms with Gasteiger partial charge in [-0.3, -0.25) is 4.79 Å². The van der Waals surface area contributed by atoms with Crippen LogP contribution in [0, 0.1) is 0 Å². The highest BCUT2D eigenvalue weighted by molar-refractivity contribution is 7.90. The Hall–Kier alpha value is -2.18. The Morgan fingerprint density at radius 2 is 1.57 bits per heavy atom. The Kier molecular flexibility index (Phi) is 6.20. The molecule has 0 unspecified atom stereocenters. The molecule has 28 heavy (non-hydrogen) atoms. The number of amides is 1. The van der Waals surface area contributed by atoms with Gasteiger partial charge in [-0.15, -0.1) is 0 Å². The molecule has 1 fully saturated rings. The van der Waals surface area contributed by atoms with Crippen molar-refractivity contribution in [3.8, 4) is 0 Å². The molecule has 5 nitrogen and oxygen atoms in total. The largest absolute Gasteiger partial charge is 0.328 e. The highest BCUT2D eigenvalue weighted by Gasteiger charge is 2.24. The molecule has 0 atom stereocenters. The Bertz CT molecular complexity index is 911. The summed E-state index contributed by atoms with van der Waals surface area (Å²) in [6.45, 7) is 8.64. The summed E-state index contributed by atoms with van der Waals surface area (Å²) in [7, 11) is -3.24. The first kappa shape index (κ1) is 20.6. The molecule has 2 aromatic carbocycles. The average Bonchev–Trinajstić information content (AvgIpc) is 2.68. The van der Waals surface area contributed by atoms with Crippen molar-refractivity contribution < 1.29 is 18.1 Å². The number of sulfone groups is 1. The molecule has 1 aliphatic rings. The first-order valence-electron chi connectivity index (χ1n) is 9.76. The zero-order valence-electron chi connectivity index (χ0n) is 16.8. The smallest absolute Gasteiger partial charge is 0.254 e. The van der Waals surface area contributed by atoms with Gasteiger partial charge < -0.3 is 9.80 Å². The van der Waals surface area contributed by atoms with Crippen molar-refractivity contribution in [2.24, 2.45) is 0 Å². The number of hydrogen-bond donors (Lipinski definition) is 1. The van der Waals surface area contributed by atoms with Crippen LogP contribution >= 0.6 is 0 Å². The number of carbonyl (C=O) groups is 1. The van der Waals surface area contributed by atoms with E-state index in [1.54, 1.807) is 12.1 Å². The van der Waals surface area contributed by atoms with Crippen molar-refractivity contribution in [3.63, 3.8) is 0 Å². The van der Waals surface area contributed by atoms with E-state index in [2.05, 4.69) is 38.1 Å². The summed E-state index contributed by atoms with van der Waals surface area (Å²) in [5.74, 6) is 0.517. The third-order valence-electron chi connectivity index (χ3n) is 5.39. The number of nitrogens with zero attached hydrogens (tertiary/aromatic N) is 1. The number of nitrogens with one attached hydrogen (secondary N) is 1. The molecule has 1 heterocycles. The number of benzene rings is 2. The Morgan fingerprint density at radius 3 is 2.07 bits per heavy atom. The normalized spacial score (nSPS) is 15.8. The van der Waals surface area contributed by atoms with Gasteiger partial charge in [-0.05, 0) is 35.7 Å². The Morgan fingerprint density at radius 1 is 1.00 bits per heavy atom. The van der Waals surface area contributed by atoms with Crippen LogP contribution < -0.4 is 4.90 Å². The molecule has 0 aliphatic carbocycles. The van der Waals surface area contributed by atoms with E-state index in [-0.39, 0.29) is 10.8 Å². The van der Waals surface area contributed by atoms with Crippen molar-refractivity contribution >= 4 is 15.7 Å². The predicted octanol–water partition coefficient (Wildman–Crippen LogP) is 1.75. The zero-order chi connectivity index (χ0) is 20.3. The summed E-state index contributed by atoms with van der Waals surface area (Å²) in [6, 6.07) is 15.1. The predicted molar refractivity (Wildman–Crippen MR) is 110 cm³/mol. The van der Waals surface area contributed by atoms with Gasteiger partial charge >= 0.3 is 0 Å². The monoisotopic (exact) mass is 401 g/mol. The van der Waals surface area contributed by atoms with E-state index in [4.69, 9.17) is 0 Å². The van der Waals surface area contributed by atoms with Gasteiger partial charge in [-0.1, -0.05) is 38.1 Å². The molecule has 0 radical (unpaired) electrons. The molecule has 1 saturated heterocycles. The van der Waals surface area contributed by atoms with Crippen molar-refractivity contribution in [3.05, 3.63) is 65.2 Å². The topological polar surface area (TPSA) is 58.9 Å². The quantitative estimate of drug-likeness (QED) is 0.831. The molecule has 0 aromatic heterocycles. The standard InChI is InChI=1S/C22H28N2O3S/c1-17(2)19-6-4-18(5-7-19)16-23-12-14-24(15-13-23)22(25)20-8-10-21(11-9-20)28(3,26)27/h4-11,17H,12-16H2,1-3H3/p+1. The second-order valence-corrected chi connectivity index (χ2v) is 9.93. The summed E-state index contributed by atoms with van der Waals surface area (Å²) in [5.41, 5.74) is 3.23. The number of carbonyl (C=O) groups excluding carboxylic acids is 1. The molecule has 150 valence electrons. The maximum Gasteiger partial charge on any atom is 0.254 e. The van der Waals surface area contributed by atoms with Gasteiger partial charge in [0.1, 0.15) is 6.54 Å². The van der Waals surface area contributed by atoms with E-state index < -0.39 is 9.84 Å². The van der Waals surface area contributed by atoms with E-state index in [0.717, 1.165) is 19.6 Å². The fourth-order valence-corrected chi connectivity index (χ4v) is 4.17. The molecule has 2 aromatic rings. The van der Waals surface area contributed by atoms with Crippen molar-refractivity contribution in [2.75, 3.05) is 32.4 Å². The highest BCUT2D eigenvalue weighted by atomic mass is 32.2. The summed E-state index contributed by atoms with van der Waals surface area (Å²) >= 11 is 0. The fourth-order valence-electron chi connectivity index (χ4n) is 3.54. The minimum atomic E-state index is -3.24. The summed E-state index contributed by atoms with van der Waals surface area (Å²) in [6.07, 6.45) is 1.17. The van der Waals surface area contributed by atoms with Crippen LogP contribution in [0.5, 0.6) is 0 Å². The van der Waals surface area contributed by atoms with Gasteiger partial charge in [0.2, 0.25) is 0 Å². The zero-order valence-corrected chi connectivity index (χ0v) is 17.6. The first-order chi connectivity index (χ1) is 13.2. The minimum absolute atomic E-state index is 0.0274. The van der Waals surface area contributed by atoms with Gasteiger partial charge in [-0.2, -0.15) is 0 Å². The Labute approximate surface area is 167 Å². The summed E-state index contributed by atoms with van der Waals surface area (Å²) < 4.78 is 23.1. The third kappa shape index (κ3) is 5.00. The van der Waals surface area contributed by atoms with Crippen LogP contribution in [0.4, 0.5) is 0 Å². The van der Waals surface area contributed by atoms with E-state index in [0.29, 0.717) is 24.6 Å². The molecule has 1 aliphatic heterocycles. The SMILES string of the molecule is CC(C)c1ccc(C[NH+]2CCN(C(=O)c3ccc(S(C)(=O)=O)cc3)CC2)cc1. The van der Waals surface area contributed by atoms with Crippen LogP contribution in [0.3, 0.4) is 0 Å². The molecule has 1 N–H and O–H groups in total. The molecule has 0 bridgehead atoms. The first-order valence-corrected chi connectivity index (χ1v) is 11.6. The molecule has 3 rings (SSSR count). The van der Waals surface area contributed by atoms with Crippen LogP contribution in [0.25, 0.3) is 0 Å². The lowest BCUT2D eigenvalue weighted by Crippen LogP contribution is -3.13. The van der Waals surface area contributed by atoms with Crippen molar-refractivity contribution in [1.29, 1.82) is 0 Å². The van der Waals surface area contributed by atoms with Gasteiger partial charge in [0.05, 0.1) is 31.1 Å². The second-order valence-electron chi connectivity index (χ2n) is 7.91. The van der Waals surface area contributed by atoms with E-state index in [9.17, 15) is 13.2 Å². The van der Waals surface area contributed by atoms with Crippen LogP contribution in [-0.4, -0.2) is 51.7 Å². The van der Waals surface area contributed by atoms with E-state index in [1.165, 1.54) is 34.4 Å². The number of rotatable bonds is 5. The van der Waals surface area contributed by atoms with Gasteiger partial charge in [0.15, 0.2) is 9.84 Å². The minimum Gasteiger partial charge on any atom is -0.328 e. The van der Waals surface area contributed by atoms with E-state index in [1.807, 2.05) is 4.90 Å². The Balaban J connectivity index is 1.55. The highest BCUT2D eigenvalue weighted by Crippen LogP contribution is 2.15. The van der Waals surface area contributed by atoms with Crippen LogP contribution in [0.2, 0.25) is 0 Å². The summed E-state index contributed by atoms with van der Waals surface area (Å²) in [4.78, 5) is 16.3. The third-order valence-corrected chi connectivity index (χ3v) is 6.52. The molecule has 1 amide bonds. The van der Waals surface area contributed by atoms with Crippen molar-refractivity contribution in [2.45, 2.75) is 31.2 Å². The lowest BCUT2D eigenvalue weighted by molar-refractivity contribution is -0.917. The molecule has 0 saturated carbocycles. The summed E-state index contributed by atoms with van der Waals surface area (Å²) in [5, 5.41) is 0. The van der Waals surface area contributed by atoms with Crippen LogP contribution in [0.1, 0.15) is 41.3 Å². The molecule has 0 spiro atoms.